The SMILES string of the molecule is O=C1C(=O)N(C(CC2CCCC2)C(=O)Nc2ccn(C[C@@H](O)CO)n2)c2ccc(Cl)cc21. The quantitative estimate of drug-likeness (QED) is 0.517. The fraction of sp³-hybridized carbons (Fsp3) is 0.455. The Bertz CT molecular complexity index is 1030. The molecule has 3 N–H and O–H groups in total. The second-order valence-electron chi connectivity index (χ2n) is 8.32. The first-order chi connectivity index (χ1) is 15.4. The van der Waals surface area contributed by atoms with Crippen LogP contribution in [-0.4, -0.2) is 56.3 Å². The third-order valence-corrected chi connectivity index (χ3v) is 6.26. The molecule has 1 aromatic carbocycles. The summed E-state index contributed by atoms with van der Waals surface area (Å²) in [6, 6.07) is 5.35. The first-order valence-electron chi connectivity index (χ1n) is 10.7. The summed E-state index contributed by atoms with van der Waals surface area (Å²) in [6.07, 6.45) is 5.15. The molecular formula is C22H25ClN4O5. The average molecular weight is 461 g/mol. The number of hydrogen-bond acceptors (Lipinski definition) is 6. The van der Waals surface area contributed by atoms with E-state index in [4.69, 9.17) is 16.7 Å². The normalized spacial score (nSPS) is 18.2. The number of aromatic nitrogens is 2. The molecule has 1 aliphatic carbocycles. The molecule has 0 radical (unpaired) electrons. The molecule has 2 atom stereocenters. The van der Waals surface area contributed by atoms with Crippen LogP contribution in [0.2, 0.25) is 5.02 Å². The van der Waals surface area contributed by atoms with E-state index in [1.807, 2.05) is 0 Å². The van der Waals surface area contributed by atoms with E-state index in [2.05, 4.69) is 10.4 Å². The molecule has 0 saturated heterocycles. The molecule has 170 valence electrons. The van der Waals surface area contributed by atoms with Crippen molar-refractivity contribution in [3.05, 3.63) is 41.0 Å². The predicted molar refractivity (Wildman–Crippen MR) is 118 cm³/mol. The van der Waals surface area contributed by atoms with Crippen molar-refractivity contribution in [2.45, 2.75) is 50.8 Å². The topological polar surface area (TPSA) is 125 Å². The summed E-state index contributed by atoms with van der Waals surface area (Å²) in [5.41, 5.74) is 0.591. The third kappa shape index (κ3) is 4.55. The number of fused-ring (bicyclic) bond motifs is 1. The minimum absolute atomic E-state index is 0.0745. The Morgan fingerprint density at radius 2 is 2.00 bits per heavy atom. The molecule has 4 rings (SSSR count). The maximum Gasteiger partial charge on any atom is 0.300 e. The van der Waals surface area contributed by atoms with Gasteiger partial charge in [0.15, 0.2) is 5.82 Å². The van der Waals surface area contributed by atoms with Crippen LogP contribution in [0.15, 0.2) is 30.5 Å². The number of ketones is 1. The number of rotatable bonds is 8. The summed E-state index contributed by atoms with van der Waals surface area (Å²) >= 11 is 6.01. The Morgan fingerprint density at radius 3 is 2.72 bits per heavy atom. The van der Waals surface area contributed by atoms with E-state index in [1.54, 1.807) is 24.4 Å². The summed E-state index contributed by atoms with van der Waals surface area (Å²) in [6.45, 7) is -0.329. The summed E-state index contributed by atoms with van der Waals surface area (Å²) in [5.74, 6) is -1.31. The number of nitrogens with zero attached hydrogens (tertiary/aromatic N) is 3. The molecule has 10 heteroatoms. The van der Waals surface area contributed by atoms with Crippen LogP contribution < -0.4 is 10.2 Å². The van der Waals surface area contributed by atoms with Crippen LogP contribution in [0.3, 0.4) is 0 Å². The number of amides is 2. The minimum atomic E-state index is -0.967. The van der Waals surface area contributed by atoms with Gasteiger partial charge in [-0.1, -0.05) is 37.3 Å². The highest BCUT2D eigenvalue weighted by Gasteiger charge is 2.43. The van der Waals surface area contributed by atoms with Gasteiger partial charge in [-0.3, -0.25) is 24.0 Å². The highest BCUT2D eigenvalue weighted by molar-refractivity contribution is 6.53. The first-order valence-corrected chi connectivity index (χ1v) is 11.1. The largest absolute Gasteiger partial charge is 0.394 e. The summed E-state index contributed by atoms with van der Waals surface area (Å²) < 4.78 is 1.41. The molecule has 1 fully saturated rings. The average Bonchev–Trinajstić information content (AvgIpc) is 3.49. The van der Waals surface area contributed by atoms with Crippen molar-refractivity contribution >= 4 is 40.7 Å². The molecule has 1 aromatic heterocycles. The molecule has 1 unspecified atom stereocenters. The molecule has 2 amide bonds. The van der Waals surface area contributed by atoms with Crippen molar-refractivity contribution in [2.24, 2.45) is 5.92 Å². The highest BCUT2D eigenvalue weighted by Crippen LogP contribution is 2.37. The Morgan fingerprint density at radius 1 is 1.25 bits per heavy atom. The summed E-state index contributed by atoms with van der Waals surface area (Å²) in [4.78, 5) is 40.1. The van der Waals surface area contributed by atoms with Crippen molar-refractivity contribution < 1.29 is 24.6 Å². The van der Waals surface area contributed by atoms with Gasteiger partial charge in [-0.05, 0) is 30.5 Å². The summed E-state index contributed by atoms with van der Waals surface area (Å²) in [5, 5.41) is 25.8. The van der Waals surface area contributed by atoms with Gasteiger partial charge < -0.3 is 15.5 Å². The van der Waals surface area contributed by atoms with Crippen LogP contribution in [0.1, 0.15) is 42.5 Å². The number of Topliss-reactive ketones (excluding diaryl/α,β-unsaturated/α-hetero) is 1. The van der Waals surface area contributed by atoms with Crippen molar-refractivity contribution in [1.29, 1.82) is 0 Å². The number of anilines is 2. The maximum absolute atomic E-state index is 13.3. The second-order valence-corrected chi connectivity index (χ2v) is 8.75. The number of halogens is 1. The van der Waals surface area contributed by atoms with E-state index >= 15 is 0 Å². The van der Waals surface area contributed by atoms with Gasteiger partial charge in [-0.25, -0.2) is 0 Å². The maximum atomic E-state index is 13.3. The van der Waals surface area contributed by atoms with E-state index in [1.165, 1.54) is 15.6 Å². The second kappa shape index (κ2) is 9.40. The van der Waals surface area contributed by atoms with E-state index in [0.717, 1.165) is 25.7 Å². The molecular weight excluding hydrogens is 436 g/mol. The monoisotopic (exact) mass is 460 g/mol. The lowest BCUT2D eigenvalue weighted by Gasteiger charge is -2.29. The molecule has 9 nitrogen and oxygen atoms in total. The number of benzene rings is 1. The number of carbonyl (C=O) groups excluding carboxylic acids is 3. The van der Waals surface area contributed by atoms with Gasteiger partial charge in [0.1, 0.15) is 6.04 Å². The van der Waals surface area contributed by atoms with Crippen molar-refractivity contribution in [3.63, 3.8) is 0 Å². The smallest absolute Gasteiger partial charge is 0.300 e. The van der Waals surface area contributed by atoms with Gasteiger partial charge >= 0.3 is 0 Å². The Balaban J connectivity index is 1.59. The van der Waals surface area contributed by atoms with Crippen molar-refractivity contribution in [3.8, 4) is 0 Å². The van der Waals surface area contributed by atoms with Gasteiger partial charge in [0.05, 0.1) is 30.5 Å². The molecule has 0 bridgehead atoms. The number of aliphatic hydroxyl groups is 2. The lowest BCUT2D eigenvalue weighted by molar-refractivity contribution is -0.121. The molecule has 2 aliphatic rings. The van der Waals surface area contributed by atoms with Crippen LogP contribution in [0.4, 0.5) is 11.5 Å². The van der Waals surface area contributed by atoms with Crippen molar-refractivity contribution in [2.75, 3.05) is 16.8 Å². The predicted octanol–water partition coefficient (Wildman–Crippen LogP) is 2.01. The van der Waals surface area contributed by atoms with E-state index in [9.17, 15) is 19.5 Å². The van der Waals surface area contributed by atoms with Gasteiger partial charge in [0.25, 0.3) is 11.7 Å². The minimum Gasteiger partial charge on any atom is -0.394 e. The molecule has 1 aliphatic heterocycles. The van der Waals surface area contributed by atoms with E-state index < -0.39 is 36.4 Å². The van der Waals surface area contributed by atoms with Crippen LogP contribution in [0.25, 0.3) is 0 Å². The Labute approximate surface area is 190 Å². The number of nitrogens with one attached hydrogen (secondary N) is 1. The lowest BCUT2D eigenvalue weighted by atomic mass is 9.96. The zero-order valence-electron chi connectivity index (χ0n) is 17.4. The Kier molecular flexibility index (Phi) is 6.59. The molecule has 2 aromatic rings. The Hall–Kier alpha value is -2.75. The fourth-order valence-electron chi connectivity index (χ4n) is 4.45. The van der Waals surface area contributed by atoms with E-state index in [-0.39, 0.29) is 23.8 Å². The van der Waals surface area contributed by atoms with Crippen LogP contribution in [0, 0.1) is 5.92 Å². The molecule has 32 heavy (non-hydrogen) atoms. The third-order valence-electron chi connectivity index (χ3n) is 6.02. The first kappa shape index (κ1) is 22.4. The van der Waals surface area contributed by atoms with Gasteiger partial charge in [0, 0.05) is 17.3 Å². The summed E-state index contributed by atoms with van der Waals surface area (Å²) in [7, 11) is 0. The number of aliphatic hydroxyl groups excluding tert-OH is 2. The molecule has 2 heterocycles. The zero-order chi connectivity index (χ0) is 22.8. The fourth-order valence-corrected chi connectivity index (χ4v) is 4.62. The van der Waals surface area contributed by atoms with Gasteiger partial charge in [-0.2, -0.15) is 5.10 Å². The van der Waals surface area contributed by atoms with Gasteiger partial charge in [-0.15, -0.1) is 0 Å². The lowest BCUT2D eigenvalue weighted by Crippen LogP contribution is -2.48. The standard InChI is InChI=1S/C22H25ClN4O5/c23-14-5-6-17-16(10-14)20(30)22(32)27(17)18(9-13-3-1-2-4-13)21(31)24-19-7-8-26(25-19)11-15(29)12-28/h5-8,10,13,15,18,28-29H,1-4,9,11-12H2,(H,24,25,31)/t15-,18?/m1/s1. The molecule has 1 saturated carbocycles. The molecule has 0 spiro atoms. The number of hydrogen-bond donors (Lipinski definition) is 3. The van der Waals surface area contributed by atoms with Crippen LogP contribution in [0.5, 0.6) is 0 Å². The number of carbonyl (C=O) groups is 3. The van der Waals surface area contributed by atoms with E-state index in [0.29, 0.717) is 17.1 Å². The van der Waals surface area contributed by atoms with Gasteiger partial charge in [0.2, 0.25) is 5.91 Å². The zero-order valence-corrected chi connectivity index (χ0v) is 18.2. The highest BCUT2D eigenvalue weighted by atomic mass is 35.5. The van der Waals surface area contributed by atoms with Crippen LogP contribution >= 0.6 is 11.6 Å². The van der Waals surface area contributed by atoms with Crippen LogP contribution in [-0.2, 0) is 16.1 Å². The van der Waals surface area contributed by atoms with Crippen molar-refractivity contribution in [1.82, 2.24) is 9.78 Å².